The predicted molar refractivity (Wildman–Crippen MR) is 56.3 cm³/mol. The Hall–Kier alpha value is -0.290. The Morgan fingerprint density at radius 1 is 1.38 bits per heavy atom. The van der Waals surface area contributed by atoms with Crippen molar-refractivity contribution in [1.82, 2.24) is 5.32 Å². The fourth-order valence-corrected chi connectivity index (χ4v) is 2.31. The van der Waals surface area contributed by atoms with Gasteiger partial charge in [-0.1, -0.05) is 20.8 Å². The van der Waals surface area contributed by atoms with Gasteiger partial charge in [0, 0.05) is 11.5 Å². The first-order valence-electron chi connectivity index (χ1n) is 5.75. The maximum atomic E-state index is 12.0. The second kappa shape index (κ2) is 4.92. The van der Waals surface area contributed by atoms with E-state index in [0.717, 1.165) is 13.0 Å². The zero-order chi connectivity index (χ0) is 12.4. The van der Waals surface area contributed by atoms with Crippen molar-refractivity contribution >= 4 is 0 Å². The molecule has 3 unspecified atom stereocenters. The van der Waals surface area contributed by atoms with Gasteiger partial charge in [-0.05, 0) is 19.4 Å². The van der Waals surface area contributed by atoms with Crippen molar-refractivity contribution in [2.75, 3.05) is 13.2 Å². The first-order chi connectivity index (χ1) is 7.33. The molecular formula is C11H20F3NO. The molecule has 1 N–H and O–H groups in total. The van der Waals surface area contributed by atoms with E-state index in [1.807, 2.05) is 20.8 Å². The molecule has 1 fully saturated rings. The van der Waals surface area contributed by atoms with Gasteiger partial charge in [0.25, 0.3) is 0 Å². The third-order valence-electron chi connectivity index (χ3n) is 3.64. The highest BCUT2D eigenvalue weighted by molar-refractivity contribution is 5.04. The number of hydrogen-bond acceptors (Lipinski definition) is 2. The summed E-state index contributed by atoms with van der Waals surface area (Å²) < 4.78 is 41.1. The molecule has 1 aliphatic carbocycles. The Morgan fingerprint density at radius 2 is 2.00 bits per heavy atom. The maximum Gasteiger partial charge on any atom is 0.411 e. The van der Waals surface area contributed by atoms with Crippen molar-refractivity contribution in [1.29, 1.82) is 0 Å². The van der Waals surface area contributed by atoms with Crippen LogP contribution in [0.2, 0.25) is 0 Å². The van der Waals surface area contributed by atoms with E-state index in [0.29, 0.717) is 6.42 Å². The summed E-state index contributed by atoms with van der Waals surface area (Å²) in [6, 6.07) is 0.278. The van der Waals surface area contributed by atoms with E-state index >= 15 is 0 Å². The molecule has 16 heavy (non-hydrogen) atoms. The summed E-state index contributed by atoms with van der Waals surface area (Å²) >= 11 is 0. The Bertz CT molecular complexity index is 232. The zero-order valence-corrected chi connectivity index (χ0v) is 10.0. The molecule has 3 atom stereocenters. The van der Waals surface area contributed by atoms with Crippen molar-refractivity contribution in [3.05, 3.63) is 0 Å². The monoisotopic (exact) mass is 239 g/mol. The highest BCUT2D eigenvalue weighted by Crippen LogP contribution is 2.46. The molecule has 0 amide bonds. The predicted octanol–water partition coefficient (Wildman–Crippen LogP) is 2.73. The summed E-state index contributed by atoms with van der Waals surface area (Å²) in [5.41, 5.74) is -0.165. The van der Waals surface area contributed by atoms with E-state index in [4.69, 9.17) is 4.74 Å². The summed E-state index contributed by atoms with van der Waals surface area (Å²) in [5.74, 6) is 0. The summed E-state index contributed by atoms with van der Waals surface area (Å²) in [7, 11) is 0. The largest absolute Gasteiger partial charge is 0.411 e. The van der Waals surface area contributed by atoms with E-state index in [9.17, 15) is 13.2 Å². The van der Waals surface area contributed by atoms with E-state index in [1.54, 1.807) is 0 Å². The van der Waals surface area contributed by atoms with Crippen molar-refractivity contribution in [2.45, 2.75) is 51.9 Å². The third-order valence-corrected chi connectivity index (χ3v) is 3.64. The molecule has 96 valence electrons. The molecule has 0 radical (unpaired) electrons. The smallest absolute Gasteiger partial charge is 0.368 e. The summed E-state index contributed by atoms with van der Waals surface area (Å²) in [6.45, 7) is 5.69. The summed E-state index contributed by atoms with van der Waals surface area (Å²) in [5, 5.41) is 3.29. The van der Waals surface area contributed by atoms with Crippen molar-refractivity contribution < 1.29 is 17.9 Å². The highest BCUT2D eigenvalue weighted by Gasteiger charge is 2.51. The highest BCUT2D eigenvalue weighted by atomic mass is 19.4. The molecule has 1 saturated carbocycles. The van der Waals surface area contributed by atoms with Gasteiger partial charge in [-0.25, -0.2) is 0 Å². The lowest BCUT2D eigenvalue weighted by molar-refractivity contribution is -0.220. The number of alkyl halides is 3. The molecule has 0 heterocycles. The minimum absolute atomic E-state index is 0.165. The number of rotatable bonds is 5. The first-order valence-corrected chi connectivity index (χ1v) is 5.75. The summed E-state index contributed by atoms with van der Waals surface area (Å²) in [4.78, 5) is 0. The molecular weight excluding hydrogens is 219 g/mol. The second-order valence-electron chi connectivity index (χ2n) is 4.62. The quantitative estimate of drug-likeness (QED) is 0.796. The number of halogens is 3. The van der Waals surface area contributed by atoms with Crippen LogP contribution in [0.4, 0.5) is 13.2 Å². The molecule has 0 bridgehead atoms. The van der Waals surface area contributed by atoms with Gasteiger partial charge in [0.05, 0.1) is 6.10 Å². The molecule has 2 nitrogen and oxygen atoms in total. The van der Waals surface area contributed by atoms with Gasteiger partial charge in [-0.15, -0.1) is 0 Å². The minimum atomic E-state index is -4.22. The van der Waals surface area contributed by atoms with Crippen LogP contribution in [0.3, 0.4) is 0 Å². The van der Waals surface area contributed by atoms with Crippen LogP contribution in [0.15, 0.2) is 0 Å². The van der Waals surface area contributed by atoms with Crippen molar-refractivity contribution in [2.24, 2.45) is 5.41 Å². The van der Waals surface area contributed by atoms with Gasteiger partial charge in [0.1, 0.15) is 6.61 Å². The van der Waals surface area contributed by atoms with Crippen LogP contribution in [-0.2, 0) is 4.74 Å². The fourth-order valence-electron chi connectivity index (χ4n) is 2.31. The first kappa shape index (κ1) is 13.8. The topological polar surface area (TPSA) is 21.3 Å². The van der Waals surface area contributed by atoms with E-state index < -0.39 is 12.8 Å². The SMILES string of the molecule is CCNC1CC(OCC(F)(F)F)C1(C)CC. The standard InChI is InChI=1S/C11H20F3NO/c1-4-10(3)8(15-5-2)6-9(10)16-7-11(12,13)14/h8-9,15H,4-7H2,1-3H3. The average molecular weight is 239 g/mol. The Balaban J connectivity index is 2.46. The van der Waals surface area contributed by atoms with E-state index in [1.165, 1.54) is 0 Å². The molecule has 0 aliphatic heterocycles. The molecule has 0 aromatic heterocycles. The molecule has 1 rings (SSSR count). The zero-order valence-electron chi connectivity index (χ0n) is 10.0. The van der Waals surface area contributed by atoms with Crippen molar-refractivity contribution in [3.8, 4) is 0 Å². The van der Waals surface area contributed by atoms with Crippen LogP contribution in [0, 0.1) is 5.41 Å². The number of ether oxygens (including phenoxy) is 1. The van der Waals surface area contributed by atoms with Gasteiger partial charge >= 0.3 is 6.18 Å². The van der Waals surface area contributed by atoms with Crippen LogP contribution in [0.1, 0.15) is 33.6 Å². The third kappa shape index (κ3) is 2.88. The molecule has 5 heteroatoms. The number of hydrogen-bond donors (Lipinski definition) is 1. The lowest BCUT2D eigenvalue weighted by Gasteiger charge is -2.53. The van der Waals surface area contributed by atoms with Crippen LogP contribution in [-0.4, -0.2) is 31.5 Å². The van der Waals surface area contributed by atoms with Crippen LogP contribution in [0.25, 0.3) is 0 Å². The molecule has 0 saturated heterocycles. The second-order valence-corrected chi connectivity index (χ2v) is 4.62. The minimum Gasteiger partial charge on any atom is -0.368 e. The molecule has 1 aliphatic rings. The maximum absolute atomic E-state index is 12.0. The van der Waals surface area contributed by atoms with Crippen LogP contribution < -0.4 is 5.32 Å². The molecule has 0 aromatic carbocycles. The van der Waals surface area contributed by atoms with E-state index in [-0.39, 0.29) is 17.6 Å². The van der Waals surface area contributed by atoms with E-state index in [2.05, 4.69) is 5.32 Å². The van der Waals surface area contributed by atoms with Crippen LogP contribution in [0.5, 0.6) is 0 Å². The van der Waals surface area contributed by atoms with Gasteiger partial charge in [-0.3, -0.25) is 0 Å². The Morgan fingerprint density at radius 3 is 2.44 bits per heavy atom. The van der Waals surface area contributed by atoms with Gasteiger partial charge in [0.2, 0.25) is 0 Å². The normalized spacial score (nSPS) is 34.9. The lowest BCUT2D eigenvalue weighted by Crippen LogP contribution is -2.62. The van der Waals surface area contributed by atoms with Crippen LogP contribution >= 0.6 is 0 Å². The van der Waals surface area contributed by atoms with Gasteiger partial charge in [-0.2, -0.15) is 13.2 Å². The van der Waals surface area contributed by atoms with Crippen molar-refractivity contribution in [3.63, 3.8) is 0 Å². The number of nitrogens with one attached hydrogen (secondary N) is 1. The lowest BCUT2D eigenvalue weighted by atomic mass is 9.61. The Labute approximate surface area is 94.5 Å². The molecule has 0 aromatic rings. The van der Waals surface area contributed by atoms with Gasteiger partial charge < -0.3 is 10.1 Å². The fraction of sp³-hybridized carbons (Fsp3) is 1.00. The average Bonchev–Trinajstić information content (AvgIpc) is 2.19. The Kier molecular flexibility index (Phi) is 4.23. The van der Waals surface area contributed by atoms with Gasteiger partial charge in [0.15, 0.2) is 0 Å². The molecule has 0 spiro atoms. The summed E-state index contributed by atoms with van der Waals surface area (Å²) in [6.07, 6.45) is -3.00.